The fourth-order valence-corrected chi connectivity index (χ4v) is 1.86. The number of hydrogen-bond donors (Lipinski definition) is 1. The van der Waals surface area contributed by atoms with Crippen molar-refractivity contribution in [1.29, 1.82) is 0 Å². The Balaban J connectivity index is 2.38. The molecule has 4 heteroatoms. The summed E-state index contributed by atoms with van der Waals surface area (Å²) in [4.78, 5) is 0. The van der Waals surface area contributed by atoms with Crippen LogP contribution in [0.3, 0.4) is 0 Å². The van der Waals surface area contributed by atoms with Crippen LogP contribution in [-0.4, -0.2) is 0 Å². The van der Waals surface area contributed by atoms with Gasteiger partial charge < -0.3 is 10.5 Å². The number of alkyl halides is 2. The molecule has 0 amide bonds. The van der Waals surface area contributed by atoms with Gasteiger partial charge in [-0.05, 0) is 43.7 Å². The fourth-order valence-electron chi connectivity index (χ4n) is 1.86. The number of rotatable bonds is 3. The van der Waals surface area contributed by atoms with Crippen LogP contribution in [0.25, 0.3) is 0 Å². The topological polar surface area (TPSA) is 35.2 Å². The van der Waals surface area contributed by atoms with Crippen molar-refractivity contribution in [2.45, 2.75) is 20.3 Å². The minimum absolute atomic E-state index is 0.135. The molecule has 0 fully saturated rings. The molecular weight excluding hydrogens is 248 g/mol. The Bertz CT molecular complexity index is 597. The van der Waals surface area contributed by atoms with Gasteiger partial charge >= 0.3 is 0 Å². The van der Waals surface area contributed by atoms with Crippen LogP contribution in [0.1, 0.15) is 23.1 Å². The third-order valence-electron chi connectivity index (χ3n) is 2.82. The standard InChI is InChI=1S/C15H15F2NO/c1-9-3-5-13(10(2)7-9)19-14-6-4-11(18)8-12(14)15(16)17/h3-8,15H,18H2,1-2H3. The Morgan fingerprint density at radius 3 is 2.32 bits per heavy atom. The molecule has 2 aromatic carbocycles. The summed E-state index contributed by atoms with van der Waals surface area (Å²) in [7, 11) is 0. The first kappa shape index (κ1) is 13.3. The minimum atomic E-state index is -2.62. The van der Waals surface area contributed by atoms with Crippen molar-refractivity contribution in [3.05, 3.63) is 53.1 Å². The van der Waals surface area contributed by atoms with Crippen LogP contribution in [0, 0.1) is 13.8 Å². The molecule has 0 aliphatic carbocycles. The van der Waals surface area contributed by atoms with Crippen molar-refractivity contribution >= 4 is 5.69 Å². The quantitative estimate of drug-likeness (QED) is 0.820. The van der Waals surface area contributed by atoms with E-state index in [-0.39, 0.29) is 11.3 Å². The molecule has 2 rings (SSSR count). The van der Waals surface area contributed by atoms with Crippen molar-refractivity contribution in [3.8, 4) is 11.5 Å². The average Bonchev–Trinajstić information content (AvgIpc) is 2.34. The SMILES string of the molecule is Cc1ccc(Oc2ccc(N)cc2C(F)F)c(C)c1. The van der Waals surface area contributed by atoms with Gasteiger partial charge in [-0.3, -0.25) is 0 Å². The fraction of sp³-hybridized carbons (Fsp3) is 0.200. The highest BCUT2D eigenvalue weighted by Crippen LogP contribution is 2.34. The van der Waals surface area contributed by atoms with Crippen molar-refractivity contribution in [2.24, 2.45) is 0 Å². The van der Waals surface area contributed by atoms with Crippen LogP contribution in [0.2, 0.25) is 0 Å². The molecule has 0 aromatic heterocycles. The van der Waals surface area contributed by atoms with Crippen LogP contribution >= 0.6 is 0 Å². The minimum Gasteiger partial charge on any atom is -0.457 e. The number of anilines is 1. The van der Waals surface area contributed by atoms with Gasteiger partial charge in [0.25, 0.3) is 6.43 Å². The first-order chi connectivity index (χ1) is 8.97. The maximum atomic E-state index is 12.9. The van der Waals surface area contributed by atoms with Gasteiger partial charge in [-0.1, -0.05) is 17.7 Å². The van der Waals surface area contributed by atoms with E-state index in [1.807, 2.05) is 26.0 Å². The van der Waals surface area contributed by atoms with E-state index in [0.29, 0.717) is 11.4 Å². The maximum absolute atomic E-state index is 12.9. The second-order valence-electron chi connectivity index (χ2n) is 4.47. The number of nitrogen functional groups attached to an aromatic ring is 1. The summed E-state index contributed by atoms with van der Waals surface area (Å²) in [6.07, 6.45) is -2.62. The second kappa shape index (κ2) is 5.26. The van der Waals surface area contributed by atoms with Crippen molar-refractivity contribution < 1.29 is 13.5 Å². The Hall–Kier alpha value is -2.10. The molecule has 2 nitrogen and oxygen atoms in total. The predicted octanol–water partition coefficient (Wildman–Crippen LogP) is 4.62. The molecule has 0 atom stereocenters. The van der Waals surface area contributed by atoms with Gasteiger partial charge in [0.15, 0.2) is 0 Å². The lowest BCUT2D eigenvalue weighted by atomic mass is 10.1. The van der Waals surface area contributed by atoms with Crippen LogP contribution in [-0.2, 0) is 0 Å². The van der Waals surface area contributed by atoms with Gasteiger partial charge in [0, 0.05) is 5.69 Å². The number of ether oxygens (including phenoxy) is 1. The molecular formula is C15H15F2NO. The molecule has 2 N–H and O–H groups in total. The molecule has 19 heavy (non-hydrogen) atoms. The summed E-state index contributed by atoms with van der Waals surface area (Å²) in [5.74, 6) is 0.702. The average molecular weight is 263 g/mol. The van der Waals surface area contributed by atoms with E-state index in [0.717, 1.165) is 11.1 Å². The van der Waals surface area contributed by atoms with Crippen molar-refractivity contribution in [2.75, 3.05) is 5.73 Å². The van der Waals surface area contributed by atoms with E-state index >= 15 is 0 Å². The van der Waals surface area contributed by atoms with E-state index in [2.05, 4.69) is 0 Å². The normalized spacial score (nSPS) is 10.8. The van der Waals surface area contributed by atoms with E-state index in [1.54, 1.807) is 12.1 Å². The largest absolute Gasteiger partial charge is 0.457 e. The van der Waals surface area contributed by atoms with Gasteiger partial charge in [0.2, 0.25) is 0 Å². The van der Waals surface area contributed by atoms with E-state index in [4.69, 9.17) is 10.5 Å². The van der Waals surface area contributed by atoms with Crippen LogP contribution in [0.15, 0.2) is 36.4 Å². The molecule has 0 aliphatic heterocycles. The summed E-state index contributed by atoms with van der Waals surface area (Å²) < 4.78 is 31.5. The van der Waals surface area contributed by atoms with Crippen LogP contribution < -0.4 is 10.5 Å². The van der Waals surface area contributed by atoms with E-state index < -0.39 is 6.43 Å². The van der Waals surface area contributed by atoms with Gasteiger partial charge in [0.1, 0.15) is 11.5 Å². The molecule has 0 bridgehead atoms. The zero-order valence-electron chi connectivity index (χ0n) is 10.8. The lowest BCUT2D eigenvalue weighted by Gasteiger charge is -2.13. The maximum Gasteiger partial charge on any atom is 0.267 e. The summed E-state index contributed by atoms with van der Waals surface area (Å²) in [6.45, 7) is 3.84. The van der Waals surface area contributed by atoms with Crippen molar-refractivity contribution in [3.63, 3.8) is 0 Å². The summed E-state index contributed by atoms with van der Waals surface area (Å²) in [6, 6.07) is 9.84. The summed E-state index contributed by atoms with van der Waals surface area (Å²) in [5.41, 5.74) is 7.61. The number of aryl methyl sites for hydroxylation is 2. The third kappa shape index (κ3) is 3.02. The summed E-state index contributed by atoms with van der Waals surface area (Å²) in [5, 5.41) is 0. The molecule has 0 aliphatic rings. The summed E-state index contributed by atoms with van der Waals surface area (Å²) >= 11 is 0. The molecule has 0 heterocycles. The lowest BCUT2D eigenvalue weighted by Crippen LogP contribution is -1.96. The first-order valence-corrected chi connectivity index (χ1v) is 5.90. The molecule has 100 valence electrons. The molecule has 0 saturated carbocycles. The Kier molecular flexibility index (Phi) is 3.69. The Labute approximate surface area is 110 Å². The van der Waals surface area contributed by atoms with Gasteiger partial charge in [0.05, 0.1) is 5.56 Å². The lowest BCUT2D eigenvalue weighted by molar-refractivity contribution is 0.148. The van der Waals surface area contributed by atoms with Gasteiger partial charge in [-0.2, -0.15) is 0 Å². The van der Waals surface area contributed by atoms with Gasteiger partial charge in [-0.15, -0.1) is 0 Å². The number of nitrogens with two attached hydrogens (primary N) is 1. The monoisotopic (exact) mass is 263 g/mol. The molecule has 0 spiro atoms. The second-order valence-corrected chi connectivity index (χ2v) is 4.47. The third-order valence-corrected chi connectivity index (χ3v) is 2.82. The first-order valence-electron chi connectivity index (χ1n) is 5.90. The molecule has 2 aromatic rings. The Morgan fingerprint density at radius 2 is 1.68 bits per heavy atom. The van der Waals surface area contributed by atoms with E-state index in [1.165, 1.54) is 12.1 Å². The predicted molar refractivity (Wildman–Crippen MR) is 71.8 cm³/mol. The molecule has 0 radical (unpaired) electrons. The zero-order valence-corrected chi connectivity index (χ0v) is 10.8. The highest BCUT2D eigenvalue weighted by atomic mass is 19.3. The van der Waals surface area contributed by atoms with Crippen molar-refractivity contribution in [1.82, 2.24) is 0 Å². The number of hydrogen-bond acceptors (Lipinski definition) is 2. The van der Waals surface area contributed by atoms with E-state index in [9.17, 15) is 8.78 Å². The van der Waals surface area contributed by atoms with Gasteiger partial charge in [-0.25, -0.2) is 8.78 Å². The number of benzene rings is 2. The van der Waals surface area contributed by atoms with Crippen LogP contribution in [0.5, 0.6) is 11.5 Å². The number of halogens is 2. The highest BCUT2D eigenvalue weighted by molar-refractivity contribution is 5.50. The highest BCUT2D eigenvalue weighted by Gasteiger charge is 2.15. The zero-order chi connectivity index (χ0) is 14.0. The molecule has 0 saturated heterocycles. The smallest absolute Gasteiger partial charge is 0.267 e. The van der Waals surface area contributed by atoms with Crippen LogP contribution in [0.4, 0.5) is 14.5 Å². The molecule has 0 unspecified atom stereocenters. The Morgan fingerprint density at radius 1 is 1.00 bits per heavy atom.